The largest absolute Gasteiger partial charge is 0.496 e. The molecule has 4 aromatic rings. The van der Waals surface area contributed by atoms with Gasteiger partial charge >= 0.3 is 0 Å². The Bertz CT molecular complexity index is 1280. The van der Waals surface area contributed by atoms with Gasteiger partial charge in [0.2, 0.25) is 0 Å². The van der Waals surface area contributed by atoms with Crippen LogP contribution >= 0.6 is 0 Å². The van der Waals surface area contributed by atoms with E-state index in [9.17, 15) is 4.79 Å². The molecule has 0 aliphatic carbocycles. The monoisotopic (exact) mass is 439 g/mol. The second-order valence-corrected chi connectivity index (χ2v) is 8.02. The fourth-order valence-corrected chi connectivity index (χ4v) is 3.96. The molecule has 0 amide bonds. The number of aryl methyl sites for hydroxylation is 3. The zero-order chi connectivity index (χ0) is 23.4. The van der Waals surface area contributed by atoms with Crippen molar-refractivity contribution in [2.45, 2.75) is 19.8 Å². The Balaban J connectivity index is 1.75. The van der Waals surface area contributed by atoms with E-state index < -0.39 is 0 Å². The number of hydrogen-bond donors (Lipinski definition) is 1. The van der Waals surface area contributed by atoms with Crippen molar-refractivity contribution in [2.75, 3.05) is 12.8 Å². The van der Waals surface area contributed by atoms with Gasteiger partial charge in [-0.15, -0.1) is 0 Å². The number of ether oxygens (including phenoxy) is 1. The van der Waals surface area contributed by atoms with Gasteiger partial charge in [0, 0.05) is 17.5 Å². The van der Waals surface area contributed by atoms with E-state index in [-0.39, 0.29) is 23.7 Å². The molecule has 0 spiro atoms. The predicted molar refractivity (Wildman–Crippen MR) is 129 cm³/mol. The van der Waals surface area contributed by atoms with Crippen LogP contribution in [0.25, 0.3) is 22.5 Å². The average molecular weight is 440 g/mol. The maximum absolute atomic E-state index is 13.2. The molecule has 2 N–H and O–H groups in total. The van der Waals surface area contributed by atoms with Crippen LogP contribution < -0.4 is 15.0 Å². The number of carbonyl (C=O) groups is 1. The minimum Gasteiger partial charge on any atom is -0.496 e. The second kappa shape index (κ2) is 9.61. The molecule has 0 radical (unpaired) electrons. The number of hydrogen-bond acceptors (Lipinski definition) is 5. The third kappa shape index (κ3) is 4.90. The number of nitrogens with two attached hydrogens (primary N) is 1. The zero-order valence-electron chi connectivity index (χ0n) is 19.1. The molecule has 2 aromatic heterocycles. The molecule has 6 nitrogen and oxygen atoms in total. The van der Waals surface area contributed by atoms with Crippen molar-refractivity contribution < 1.29 is 14.1 Å². The van der Waals surface area contributed by atoms with Crippen molar-refractivity contribution in [1.29, 1.82) is 0 Å². The van der Waals surface area contributed by atoms with Crippen molar-refractivity contribution in [3.8, 4) is 28.3 Å². The van der Waals surface area contributed by atoms with Crippen LogP contribution in [0.4, 0.5) is 5.82 Å². The number of rotatable bonds is 7. The molecule has 0 fully saturated rings. The molecule has 0 aliphatic rings. The second-order valence-electron chi connectivity index (χ2n) is 8.02. The molecule has 0 saturated heterocycles. The number of nitrogen functional groups attached to an aromatic ring is 1. The van der Waals surface area contributed by atoms with Gasteiger partial charge in [-0.05, 0) is 31.0 Å². The molecule has 2 aromatic carbocycles. The number of aromatic nitrogens is 3. The fourth-order valence-electron chi connectivity index (χ4n) is 3.96. The van der Waals surface area contributed by atoms with Crippen LogP contribution in [0.2, 0.25) is 0 Å². The van der Waals surface area contributed by atoms with Gasteiger partial charge in [-0.1, -0.05) is 48.5 Å². The summed E-state index contributed by atoms with van der Waals surface area (Å²) in [6.45, 7) is 2.02. The molecule has 33 heavy (non-hydrogen) atoms. The quantitative estimate of drug-likeness (QED) is 0.342. The molecule has 6 heteroatoms. The molecule has 0 bridgehead atoms. The van der Waals surface area contributed by atoms with Crippen molar-refractivity contribution in [3.05, 3.63) is 89.9 Å². The van der Waals surface area contributed by atoms with E-state index in [4.69, 9.17) is 15.5 Å². The minimum atomic E-state index is -0.149. The standard InChI is InChI=1S/C27H26N4O2/c1-18-15-21(17-31(2)16-18)25-24(20-10-5-4-6-11-20)30-27(28)26(29-25)22(32)14-13-19-9-7-8-12-23(19)33-3/h4-12,15-17H,13-14H2,1-3H3,(H-,28,30,32)/p+1. The van der Waals surface area contributed by atoms with E-state index in [2.05, 4.69) is 4.98 Å². The highest BCUT2D eigenvalue weighted by Crippen LogP contribution is 2.31. The van der Waals surface area contributed by atoms with E-state index in [0.717, 1.165) is 28.0 Å². The van der Waals surface area contributed by atoms with E-state index in [1.54, 1.807) is 7.11 Å². The van der Waals surface area contributed by atoms with E-state index in [0.29, 0.717) is 17.8 Å². The summed E-state index contributed by atoms with van der Waals surface area (Å²) in [6, 6.07) is 19.5. The molecule has 4 rings (SSSR count). The van der Waals surface area contributed by atoms with Gasteiger partial charge in [0.15, 0.2) is 24.0 Å². The van der Waals surface area contributed by atoms with Crippen LogP contribution in [-0.4, -0.2) is 22.9 Å². The summed E-state index contributed by atoms with van der Waals surface area (Å²) in [5.41, 5.74) is 11.6. The van der Waals surface area contributed by atoms with Gasteiger partial charge < -0.3 is 10.5 Å². The number of ketones is 1. The third-order valence-corrected chi connectivity index (χ3v) is 5.45. The number of anilines is 1. The van der Waals surface area contributed by atoms with Crippen molar-refractivity contribution >= 4 is 11.6 Å². The summed E-state index contributed by atoms with van der Waals surface area (Å²) < 4.78 is 7.38. The van der Waals surface area contributed by atoms with Gasteiger partial charge in [-0.3, -0.25) is 4.79 Å². The summed E-state index contributed by atoms with van der Waals surface area (Å²) >= 11 is 0. The Hall–Kier alpha value is -4.06. The third-order valence-electron chi connectivity index (χ3n) is 5.45. The zero-order valence-corrected chi connectivity index (χ0v) is 19.1. The maximum atomic E-state index is 13.2. The predicted octanol–water partition coefficient (Wildman–Crippen LogP) is 4.35. The molecule has 2 heterocycles. The molecule has 0 saturated carbocycles. The lowest BCUT2D eigenvalue weighted by molar-refractivity contribution is -0.671. The number of nitrogens with zero attached hydrogens (tertiary/aromatic N) is 3. The lowest BCUT2D eigenvalue weighted by atomic mass is 10.0. The number of Topliss-reactive ketones (excluding diaryl/α,β-unsaturated/α-hetero) is 1. The lowest BCUT2D eigenvalue weighted by Gasteiger charge is -2.13. The first-order valence-electron chi connectivity index (χ1n) is 10.8. The number of para-hydroxylation sites is 1. The molecular formula is C27H27N4O2+. The first kappa shape index (κ1) is 22.1. The Morgan fingerprint density at radius 2 is 1.67 bits per heavy atom. The molecule has 0 atom stereocenters. The van der Waals surface area contributed by atoms with Crippen molar-refractivity contribution in [3.63, 3.8) is 0 Å². The number of pyridine rings is 1. The normalized spacial score (nSPS) is 10.8. The maximum Gasteiger partial charge on any atom is 0.185 e. The number of carbonyl (C=O) groups excluding carboxylic acids is 1. The summed E-state index contributed by atoms with van der Waals surface area (Å²) in [5, 5.41) is 0. The van der Waals surface area contributed by atoms with Crippen LogP contribution in [0, 0.1) is 6.92 Å². The van der Waals surface area contributed by atoms with Crippen molar-refractivity contribution in [2.24, 2.45) is 7.05 Å². The Morgan fingerprint density at radius 3 is 2.39 bits per heavy atom. The van der Waals surface area contributed by atoms with Crippen LogP contribution in [0.15, 0.2) is 73.1 Å². The minimum absolute atomic E-state index is 0.139. The Labute approximate surface area is 193 Å². The summed E-state index contributed by atoms with van der Waals surface area (Å²) in [7, 11) is 3.59. The van der Waals surface area contributed by atoms with Crippen LogP contribution in [0.1, 0.15) is 28.0 Å². The van der Waals surface area contributed by atoms with Gasteiger partial charge in [0.05, 0.1) is 18.4 Å². The Morgan fingerprint density at radius 1 is 0.970 bits per heavy atom. The van der Waals surface area contributed by atoms with E-state index in [1.165, 1.54) is 0 Å². The first-order valence-corrected chi connectivity index (χ1v) is 10.8. The van der Waals surface area contributed by atoms with Crippen LogP contribution in [0.5, 0.6) is 5.75 Å². The van der Waals surface area contributed by atoms with Gasteiger partial charge in [-0.25, -0.2) is 14.5 Å². The van der Waals surface area contributed by atoms with E-state index >= 15 is 0 Å². The average Bonchev–Trinajstić information content (AvgIpc) is 2.82. The van der Waals surface area contributed by atoms with Gasteiger partial charge in [0.25, 0.3) is 0 Å². The van der Waals surface area contributed by atoms with Crippen LogP contribution in [-0.2, 0) is 13.5 Å². The first-order chi connectivity index (χ1) is 16.0. The smallest absolute Gasteiger partial charge is 0.185 e. The highest BCUT2D eigenvalue weighted by molar-refractivity contribution is 5.99. The number of methoxy groups -OCH3 is 1. The van der Waals surface area contributed by atoms with Gasteiger partial charge in [0.1, 0.15) is 24.2 Å². The summed E-state index contributed by atoms with van der Waals surface area (Å²) in [6.07, 6.45) is 4.78. The molecule has 0 unspecified atom stereocenters. The lowest BCUT2D eigenvalue weighted by Crippen LogP contribution is -2.27. The Kier molecular flexibility index (Phi) is 6.45. The van der Waals surface area contributed by atoms with E-state index in [1.807, 2.05) is 91.6 Å². The highest BCUT2D eigenvalue weighted by Gasteiger charge is 2.21. The van der Waals surface area contributed by atoms with Crippen molar-refractivity contribution in [1.82, 2.24) is 9.97 Å². The SMILES string of the molecule is COc1ccccc1CCC(=O)c1nc(-c2cc(C)c[n+](C)c2)c(-c2ccccc2)nc1N. The molecule has 166 valence electrons. The molecular weight excluding hydrogens is 412 g/mol. The summed E-state index contributed by atoms with van der Waals surface area (Å²) in [5.74, 6) is 0.750. The molecule has 0 aliphatic heterocycles. The van der Waals surface area contributed by atoms with Crippen LogP contribution in [0.3, 0.4) is 0 Å². The summed E-state index contributed by atoms with van der Waals surface area (Å²) in [4.78, 5) is 22.6. The fraction of sp³-hybridized carbons (Fsp3) is 0.185. The topological polar surface area (TPSA) is 82.0 Å². The highest BCUT2D eigenvalue weighted by atomic mass is 16.5. The van der Waals surface area contributed by atoms with Gasteiger partial charge in [-0.2, -0.15) is 0 Å². The number of benzene rings is 2.